The largest absolute Gasteiger partial charge is 0.369 e. The van der Waals surface area contributed by atoms with Crippen molar-refractivity contribution in [2.24, 2.45) is 11.7 Å². The van der Waals surface area contributed by atoms with Gasteiger partial charge in [-0.15, -0.1) is 0 Å². The molecular weight excluding hydrogens is 281 g/mol. The first kappa shape index (κ1) is 15.7. The zero-order valence-corrected chi connectivity index (χ0v) is 12.5. The highest BCUT2D eigenvalue weighted by atomic mass is 19.1. The lowest BCUT2D eigenvalue weighted by atomic mass is 10.0. The number of benzene rings is 1. The van der Waals surface area contributed by atoms with Gasteiger partial charge in [0.1, 0.15) is 11.5 Å². The van der Waals surface area contributed by atoms with E-state index in [2.05, 4.69) is 5.10 Å². The quantitative estimate of drug-likeness (QED) is 0.863. The van der Waals surface area contributed by atoms with E-state index >= 15 is 0 Å². The lowest BCUT2D eigenvalue weighted by molar-refractivity contribution is -0.119. The Morgan fingerprint density at radius 1 is 1.41 bits per heavy atom. The first-order chi connectivity index (χ1) is 10.5. The molecule has 0 bridgehead atoms. The topological polar surface area (TPSA) is 60.9 Å². The van der Waals surface area contributed by atoms with Crippen molar-refractivity contribution in [3.63, 3.8) is 0 Å². The van der Waals surface area contributed by atoms with Gasteiger partial charge in [0.25, 0.3) is 0 Å². The Morgan fingerprint density at radius 3 is 2.77 bits per heavy atom. The van der Waals surface area contributed by atoms with Crippen molar-refractivity contribution in [3.05, 3.63) is 65.8 Å². The predicted molar refractivity (Wildman–Crippen MR) is 84.8 cm³/mol. The monoisotopic (exact) mass is 299 g/mol. The van der Waals surface area contributed by atoms with Crippen LogP contribution in [-0.2, 0) is 4.79 Å². The van der Waals surface area contributed by atoms with Gasteiger partial charge >= 0.3 is 0 Å². The van der Waals surface area contributed by atoms with E-state index < -0.39 is 11.8 Å². The molecule has 2 N–H and O–H groups in total. The molecule has 0 saturated carbocycles. The molecule has 0 aliphatic rings. The molecule has 114 valence electrons. The Balaban J connectivity index is 2.51. The molecule has 1 amide bonds. The maximum atomic E-state index is 14.2. The van der Waals surface area contributed by atoms with Crippen LogP contribution >= 0.6 is 0 Å². The molecule has 1 unspecified atom stereocenters. The number of halogens is 1. The van der Waals surface area contributed by atoms with Gasteiger partial charge < -0.3 is 5.73 Å². The number of hydrogen-bond acceptors (Lipinski definition) is 2. The van der Waals surface area contributed by atoms with Crippen LogP contribution in [0.3, 0.4) is 0 Å². The van der Waals surface area contributed by atoms with Crippen LogP contribution in [0.25, 0.3) is 11.8 Å². The number of carbonyl (C=O) groups excluding carboxylic acids is 1. The molecule has 5 heteroatoms. The standard InChI is InChI=1S/C17H18FN3O/c1-3-5-13(17(19)22)7-8-14-12(2)6-9-15(18)16(14)21-11-4-10-20-21/h3-11,13H,1-2H3,(H2,19,22)/b5-3-,8-7-. The first-order valence-electron chi connectivity index (χ1n) is 6.94. The fourth-order valence-corrected chi connectivity index (χ4v) is 2.19. The average molecular weight is 299 g/mol. The Labute approximate surface area is 128 Å². The molecule has 2 rings (SSSR count). The highest BCUT2D eigenvalue weighted by molar-refractivity contribution is 5.82. The number of allylic oxidation sites excluding steroid dienone is 1. The van der Waals surface area contributed by atoms with E-state index in [1.165, 1.54) is 10.7 Å². The van der Waals surface area contributed by atoms with Gasteiger partial charge in [-0.3, -0.25) is 4.79 Å². The highest BCUT2D eigenvalue weighted by Gasteiger charge is 2.13. The van der Waals surface area contributed by atoms with Gasteiger partial charge in [0.05, 0.1) is 5.92 Å². The zero-order chi connectivity index (χ0) is 16.1. The summed E-state index contributed by atoms with van der Waals surface area (Å²) in [4.78, 5) is 11.4. The van der Waals surface area contributed by atoms with Crippen LogP contribution < -0.4 is 5.73 Å². The van der Waals surface area contributed by atoms with Crippen molar-refractivity contribution in [2.45, 2.75) is 13.8 Å². The molecule has 22 heavy (non-hydrogen) atoms. The molecule has 2 aromatic rings. The van der Waals surface area contributed by atoms with E-state index in [0.29, 0.717) is 11.3 Å². The summed E-state index contributed by atoms with van der Waals surface area (Å²) in [6, 6.07) is 4.82. The fourth-order valence-electron chi connectivity index (χ4n) is 2.19. The first-order valence-corrected chi connectivity index (χ1v) is 6.94. The Bertz CT molecular complexity index is 718. The van der Waals surface area contributed by atoms with E-state index in [-0.39, 0.29) is 5.82 Å². The normalized spacial score (nSPS) is 13.0. The van der Waals surface area contributed by atoms with Crippen LogP contribution in [0.2, 0.25) is 0 Å². The van der Waals surface area contributed by atoms with Crippen molar-refractivity contribution in [3.8, 4) is 5.69 Å². The summed E-state index contributed by atoms with van der Waals surface area (Å²) in [5, 5.41) is 4.08. The third-order valence-electron chi connectivity index (χ3n) is 3.32. The van der Waals surface area contributed by atoms with Crippen molar-refractivity contribution < 1.29 is 9.18 Å². The summed E-state index contributed by atoms with van der Waals surface area (Å²) in [6.45, 7) is 3.69. The second-order valence-electron chi connectivity index (χ2n) is 4.89. The maximum Gasteiger partial charge on any atom is 0.228 e. The maximum absolute atomic E-state index is 14.2. The van der Waals surface area contributed by atoms with Crippen LogP contribution in [0.15, 0.2) is 48.8 Å². The zero-order valence-electron chi connectivity index (χ0n) is 12.5. The Morgan fingerprint density at radius 2 is 2.18 bits per heavy atom. The van der Waals surface area contributed by atoms with E-state index in [4.69, 9.17) is 5.73 Å². The summed E-state index contributed by atoms with van der Waals surface area (Å²) in [5.74, 6) is -1.36. The van der Waals surface area contributed by atoms with Gasteiger partial charge in [-0.05, 0) is 31.5 Å². The number of rotatable bonds is 5. The second kappa shape index (κ2) is 6.85. The molecule has 0 saturated heterocycles. The van der Waals surface area contributed by atoms with Gasteiger partial charge in [0, 0.05) is 18.0 Å². The summed E-state index contributed by atoms with van der Waals surface area (Å²) < 4.78 is 15.7. The lowest BCUT2D eigenvalue weighted by Gasteiger charge is -2.11. The van der Waals surface area contributed by atoms with Gasteiger partial charge in [0.2, 0.25) is 5.91 Å². The number of nitrogens with two attached hydrogens (primary N) is 1. The molecule has 0 aliphatic carbocycles. The Kier molecular flexibility index (Phi) is 4.88. The van der Waals surface area contributed by atoms with Crippen LogP contribution in [0.4, 0.5) is 4.39 Å². The van der Waals surface area contributed by atoms with Crippen molar-refractivity contribution >= 4 is 12.0 Å². The minimum Gasteiger partial charge on any atom is -0.369 e. The average Bonchev–Trinajstić information content (AvgIpc) is 3.00. The molecule has 0 aliphatic heterocycles. The minimum absolute atomic E-state index is 0.352. The van der Waals surface area contributed by atoms with Crippen LogP contribution in [0.5, 0.6) is 0 Å². The van der Waals surface area contributed by atoms with Crippen molar-refractivity contribution in [1.82, 2.24) is 9.78 Å². The number of carbonyl (C=O) groups is 1. The summed E-state index contributed by atoms with van der Waals surface area (Å²) in [7, 11) is 0. The van der Waals surface area contributed by atoms with Gasteiger partial charge in [-0.25, -0.2) is 9.07 Å². The predicted octanol–water partition coefficient (Wildman–Crippen LogP) is 3.01. The summed E-state index contributed by atoms with van der Waals surface area (Å²) >= 11 is 0. The third-order valence-corrected chi connectivity index (χ3v) is 3.32. The van der Waals surface area contributed by atoms with Crippen LogP contribution in [-0.4, -0.2) is 15.7 Å². The number of amides is 1. The molecule has 0 fully saturated rings. The summed E-state index contributed by atoms with van der Waals surface area (Å²) in [5.41, 5.74) is 7.25. The number of aryl methyl sites for hydroxylation is 1. The number of aromatic nitrogens is 2. The summed E-state index contributed by atoms with van der Waals surface area (Å²) in [6.07, 6.45) is 10.1. The van der Waals surface area contributed by atoms with E-state index in [1.54, 1.807) is 48.8 Å². The molecule has 1 atom stereocenters. The second-order valence-corrected chi connectivity index (χ2v) is 4.89. The fraction of sp³-hybridized carbons (Fsp3) is 0.176. The van der Waals surface area contributed by atoms with Gasteiger partial charge in [-0.2, -0.15) is 5.10 Å². The van der Waals surface area contributed by atoms with Gasteiger partial charge in [0.15, 0.2) is 0 Å². The molecule has 0 spiro atoms. The van der Waals surface area contributed by atoms with Gasteiger partial charge in [-0.1, -0.05) is 30.4 Å². The molecule has 1 aromatic carbocycles. The van der Waals surface area contributed by atoms with E-state index in [0.717, 1.165) is 5.56 Å². The molecular formula is C17H18FN3O. The van der Waals surface area contributed by atoms with E-state index in [9.17, 15) is 9.18 Å². The Hall–Kier alpha value is -2.69. The molecule has 0 radical (unpaired) electrons. The van der Waals surface area contributed by atoms with Crippen molar-refractivity contribution in [1.29, 1.82) is 0 Å². The third kappa shape index (κ3) is 3.31. The minimum atomic E-state index is -0.530. The van der Waals surface area contributed by atoms with Crippen molar-refractivity contribution in [2.75, 3.05) is 0 Å². The molecule has 1 heterocycles. The molecule has 4 nitrogen and oxygen atoms in total. The highest BCUT2D eigenvalue weighted by Crippen LogP contribution is 2.24. The number of nitrogens with zero attached hydrogens (tertiary/aromatic N) is 2. The molecule has 1 aromatic heterocycles. The lowest BCUT2D eigenvalue weighted by Crippen LogP contribution is -2.19. The SMILES string of the molecule is C/C=C\C(/C=C\c1c(C)ccc(F)c1-n1cccn1)C(N)=O. The van der Waals surface area contributed by atoms with Crippen LogP contribution in [0, 0.1) is 18.7 Å². The van der Waals surface area contributed by atoms with Crippen LogP contribution in [0.1, 0.15) is 18.1 Å². The number of hydrogen-bond donors (Lipinski definition) is 1. The number of primary amides is 1. The smallest absolute Gasteiger partial charge is 0.228 e. The van der Waals surface area contributed by atoms with E-state index in [1.807, 2.05) is 13.8 Å².